The summed E-state index contributed by atoms with van der Waals surface area (Å²) in [4.78, 5) is 16.5. The fraction of sp³-hybridized carbons (Fsp3) is 0.182. The minimum atomic E-state index is -0.0455. The van der Waals surface area contributed by atoms with E-state index >= 15 is 0 Å². The summed E-state index contributed by atoms with van der Waals surface area (Å²) >= 11 is 0. The summed E-state index contributed by atoms with van der Waals surface area (Å²) in [7, 11) is 0. The van der Waals surface area contributed by atoms with Gasteiger partial charge in [-0.25, -0.2) is 0 Å². The Morgan fingerprint density at radius 3 is 2.38 bits per heavy atom. The average molecular weight is 345 g/mol. The topological polar surface area (TPSA) is 54.0 Å². The van der Waals surface area contributed by atoms with Crippen molar-refractivity contribution in [3.8, 4) is 0 Å². The van der Waals surface area contributed by atoms with Crippen LogP contribution in [-0.4, -0.2) is 17.4 Å². The predicted molar refractivity (Wildman–Crippen MR) is 105 cm³/mol. The highest BCUT2D eigenvalue weighted by Crippen LogP contribution is 2.16. The summed E-state index contributed by atoms with van der Waals surface area (Å²) in [6.45, 7) is 1.31. The van der Waals surface area contributed by atoms with Crippen molar-refractivity contribution in [1.82, 2.24) is 10.3 Å². The van der Waals surface area contributed by atoms with Crippen LogP contribution in [0.15, 0.2) is 79.1 Å². The van der Waals surface area contributed by atoms with Crippen LogP contribution in [0.25, 0.3) is 0 Å². The molecular weight excluding hydrogens is 322 g/mol. The number of rotatable bonds is 8. The maximum Gasteiger partial charge on any atom is 0.253 e. The van der Waals surface area contributed by atoms with E-state index in [0.717, 1.165) is 24.1 Å². The lowest BCUT2D eigenvalue weighted by molar-refractivity contribution is 0.0954. The zero-order valence-electron chi connectivity index (χ0n) is 14.7. The number of pyridine rings is 1. The summed E-state index contributed by atoms with van der Waals surface area (Å²) in [6, 6.07) is 21.8. The van der Waals surface area contributed by atoms with Crippen molar-refractivity contribution in [1.29, 1.82) is 0 Å². The third-order valence-corrected chi connectivity index (χ3v) is 4.17. The van der Waals surface area contributed by atoms with Gasteiger partial charge in [0.15, 0.2) is 0 Å². The Bertz CT molecular complexity index is 819. The number of benzene rings is 2. The van der Waals surface area contributed by atoms with Gasteiger partial charge in [0.05, 0.1) is 5.56 Å². The van der Waals surface area contributed by atoms with Gasteiger partial charge in [-0.2, -0.15) is 0 Å². The number of hydrogen-bond acceptors (Lipinski definition) is 3. The lowest BCUT2D eigenvalue weighted by Gasteiger charge is -2.12. The van der Waals surface area contributed by atoms with E-state index in [0.29, 0.717) is 18.7 Å². The molecule has 26 heavy (non-hydrogen) atoms. The summed E-state index contributed by atoms with van der Waals surface area (Å²) in [5.41, 5.74) is 3.92. The van der Waals surface area contributed by atoms with Crippen molar-refractivity contribution in [2.24, 2.45) is 0 Å². The van der Waals surface area contributed by atoms with Crippen molar-refractivity contribution in [2.45, 2.75) is 19.4 Å². The molecular formula is C22H23N3O. The quantitative estimate of drug-likeness (QED) is 0.606. The molecule has 3 aromatic rings. The molecule has 1 amide bonds. The molecule has 4 nitrogen and oxygen atoms in total. The van der Waals surface area contributed by atoms with Gasteiger partial charge in [0.1, 0.15) is 0 Å². The van der Waals surface area contributed by atoms with Gasteiger partial charge in [-0.1, -0.05) is 42.5 Å². The standard InChI is InChI=1S/C22H23N3O/c26-22(24-14-6-9-18-7-2-1-3-8-18)20-10-4-5-11-21(20)25-17-19-12-15-23-16-13-19/h1-5,7-8,10-13,15-16,25H,6,9,14,17H2,(H,24,26). The molecule has 2 N–H and O–H groups in total. The van der Waals surface area contributed by atoms with Crippen LogP contribution in [0, 0.1) is 0 Å². The number of carbonyl (C=O) groups excluding carboxylic acids is 1. The monoisotopic (exact) mass is 345 g/mol. The molecule has 1 aromatic heterocycles. The number of nitrogens with one attached hydrogen (secondary N) is 2. The number of amides is 1. The van der Waals surface area contributed by atoms with Gasteiger partial charge in [0.2, 0.25) is 0 Å². The maximum absolute atomic E-state index is 12.5. The molecule has 0 aliphatic carbocycles. The van der Waals surface area contributed by atoms with Gasteiger partial charge in [-0.05, 0) is 48.2 Å². The molecule has 0 fully saturated rings. The minimum absolute atomic E-state index is 0.0455. The van der Waals surface area contributed by atoms with Crippen molar-refractivity contribution in [3.63, 3.8) is 0 Å². The van der Waals surface area contributed by atoms with E-state index in [9.17, 15) is 4.79 Å². The van der Waals surface area contributed by atoms with Crippen LogP contribution in [0.2, 0.25) is 0 Å². The minimum Gasteiger partial charge on any atom is -0.380 e. The maximum atomic E-state index is 12.5. The Labute approximate surface area is 154 Å². The van der Waals surface area contributed by atoms with Crippen molar-refractivity contribution in [3.05, 3.63) is 95.8 Å². The molecule has 0 saturated heterocycles. The fourth-order valence-corrected chi connectivity index (χ4v) is 2.77. The van der Waals surface area contributed by atoms with Crippen LogP contribution >= 0.6 is 0 Å². The molecule has 0 saturated carbocycles. The smallest absolute Gasteiger partial charge is 0.253 e. The van der Waals surface area contributed by atoms with E-state index in [1.165, 1.54) is 5.56 Å². The van der Waals surface area contributed by atoms with Gasteiger partial charge in [0, 0.05) is 31.2 Å². The molecule has 0 unspecified atom stereocenters. The molecule has 0 aliphatic rings. The van der Waals surface area contributed by atoms with Crippen molar-refractivity contribution >= 4 is 11.6 Å². The number of para-hydroxylation sites is 1. The second-order valence-electron chi connectivity index (χ2n) is 6.10. The van der Waals surface area contributed by atoms with E-state index < -0.39 is 0 Å². The SMILES string of the molecule is O=C(NCCCc1ccccc1)c1ccccc1NCc1ccncc1. The van der Waals surface area contributed by atoms with E-state index in [1.807, 2.05) is 54.6 Å². The van der Waals surface area contributed by atoms with E-state index in [2.05, 4.69) is 27.8 Å². The summed E-state index contributed by atoms with van der Waals surface area (Å²) in [5.74, 6) is -0.0455. The first-order valence-electron chi connectivity index (χ1n) is 8.87. The zero-order valence-corrected chi connectivity index (χ0v) is 14.7. The first-order chi connectivity index (χ1) is 12.8. The Morgan fingerprint density at radius 2 is 1.58 bits per heavy atom. The van der Waals surface area contributed by atoms with E-state index in [4.69, 9.17) is 0 Å². The molecule has 0 spiro atoms. The predicted octanol–water partition coefficient (Wildman–Crippen LogP) is 4.06. The summed E-state index contributed by atoms with van der Waals surface area (Å²) in [6.07, 6.45) is 5.41. The first-order valence-corrected chi connectivity index (χ1v) is 8.87. The molecule has 0 atom stereocenters. The number of aryl methyl sites for hydroxylation is 1. The molecule has 3 rings (SSSR count). The van der Waals surface area contributed by atoms with E-state index in [-0.39, 0.29) is 5.91 Å². The van der Waals surface area contributed by atoms with Crippen LogP contribution in [-0.2, 0) is 13.0 Å². The van der Waals surface area contributed by atoms with Crippen molar-refractivity contribution in [2.75, 3.05) is 11.9 Å². The van der Waals surface area contributed by atoms with Gasteiger partial charge in [-0.3, -0.25) is 9.78 Å². The molecule has 2 aromatic carbocycles. The van der Waals surface area contributed by atoms with Gasteiger partial charge < -0.3 is 10.6 Å². The molecule has 0 bridgehead atoms. The van der Waals surface area contributed by atoms with E-state index in [1.54, 1.807) is 12.4 Å². The summed E-state index contributed by atoms with van der Waals surface area (Å²) < 4.78 is 0. The van der Waals surface area contributed by atoms with Gasteiger partial charge in [0.25, 0.3) is 5.91 Å². The van der Waals surface area contributed by atoms with Crippen molar-refractivity contribution < 1.29 is 4.79 Å². The Hall–Kier alpha value is -3.14. The molecule has 132 valence electrons. The van der Waals surface area contributed by atoms with Crippen LogP contribution in [0.5, 0.6) is 0 Å². The number of carbonyl (C=O) groups is 1. The summed E-state index contributed by atoms with van der Waals surface area (Å²) in [5, 5.41) is 6.36. The average Bonchev–Trinajstić information content (AvgIpc) is 2.71. The number of hydrogen-bond donors (Lipinski definition) is 2. The first kappa shape index (κ1) is 17.7. The number of anilines is 1. The largest absolute Gasteiger partial charge is 0.380 e. The van der Waals surface area contributed by atoms with Crippen LogP contribution in [0.4, 0.5) is 5.69 Å². The molecule has 1 heterocycles. The third-order valence-electron chi connectivity index (χ3n) is 4.17. The normalized spacial score (nSPS) is 10.3. The highest BCUT2D eigenvalue weighted by molar-refractivity contribution is 5.99. The Morgan fingerprint density at radius 1 is 0.846 bits per heavy atom. The van der Waals surface area contributed by atoms with Gasteiger partial charge >= 0.3 is 0 Å². The number of aromatic nitrogens is 1. The van der Waals surface area contributed by atoms with Crippen LogP contribution in [0.1, 0.15) is 27.9 Å². The van der Waals surface area contributed by atoms with Gasteiger partial charge in [-0.15, -0.1) is 0 Å². The number of nitrogens with zero attached hydrogens (tertiary/aromatic N) is 1. The second kappa shape index (κ2) is 9.37. The lowest BCUT2D eigenvalue weighted by Crippen LogP contribution is -2.25. The van der Waals surface area contributed by atoms with Crippen LogP contribution in [0.3, 0.4) is 0 Å². The Balaban J connectivity index is 1.52. The highest BCUT2D eigenvalue weighted by atomic mass is 16.1. The zero-order chi connectivity index (χ0) is 18.0. The van der Waals surface area contributed by atoms with Crippen LogP contribution < -0.4 is 10.6 Å². The Kier molecular flexibility index (Phi) is 6.37. The molecule has 0 aliphatic heterocycles. The second-order valence-corrected chi connectivity index (χ2v) is 6.10. The fourth-order valence-electron chi connectivity index (χ4n) is 2.77. The highest BCUT2D eigenvalue weighted by Gasteiger charge is 2.10. The lowest BCUT2D eigenvalue weighted by atomic mass is 10.1. The molecule has 0 radical (unpaired) electrons. The molecule has 4 heteroatoms. The third kappa shape index (κ3) is 5.18.